The summed E-state index contributed by atoms with van der Waals surface area (Å²) in [6.45, 7) is 1.32. The van der Waals surface area contributed by atoms with E-state index in [2.05, 4.69) is 24.3 Å². The molecule has 4 rings (SSSR count). The van der Waals surface area contributed by atoms with Gasteiger partial charge in [0.05, 0.1) is 6.04 Å². The molecule has 0 radical (unpaired) electrons. The highest BCUT2D eigenvalue weighted by Crippen LogP contribution is 2.30. The lowest BCUT2D eigenvalue weighted by Gasteiger charge is -2.37. The Hall–Kier alpha value is -2.17. The zero-order valence-corrected chi connectivity index (χ0v) is 17.9. The third kappa shape index (κ3) is 4.60. The van der Waals surface area contributed by atoms with Crippen LogP contribution < -0.4 is 0 Å². The Balaban J connectivity index is 1.25. The van der Waals surface area contributed by atoms with Crippen LogP contribution in [0.2, 0.25) is 0 Å². The van der Waals surface area contributed by atoms with Crippen LogP contribution in [-0.4, -0.2) is 53.1 Å². The molecular weight excluding hydrogens is 376 g/mol. The Labute approximate surface area is 179 Å². The van der Waals surface area contributed by atoms with E-state index >= 15 is 0 Å². The van der Waals surface area contributed by atoms with Crippen LogP contribution in [0.5, 0.6) is 0 Å². The smallest absolute Gasteiger partial charge is 0.245 e. The largest absolute Gasteiger partial charge is 0.331 e. The van der Waals surface area contributed by atoms with Gasteiger partial charge in [-0.2, -0.15) is 0 Å². The van der Waals surface area contributed by atoms with Gasteiger partial charge in [-0.15, -0.1) is 0 Å². The second kappa shape index (κ2) is 9.76. The molecule has 0 bridgehead atoms. The molecule has 2 saturated heterocycles. The van der Waals surface area contributed by atoms with Crippen molar-refractivity contribution >= 4 is 18.1 Å². The minimum Gasteiger partial charge on any atom is -0.331 e. The van der Waals surface area contributed by atoms with Crippen molar-refractivity contribution in [3.63, 3.8) is 0 Å². The van der Waals surface area contributed by atoms with Crippen LogP contribution in [0.15, 0.2) is 24.3 Å². The lowest BCUT2D eigenvalue weighted by atomic mass is 9.97. The molecule has 5 heteroatoms. The molecule has 0 aromatic heterocycles. The third-order valence-electron chi connectivity index (χ3n) is 7.24. The van der Waals surface area contributed by atoms with Crippen molar-refractivity contribution in [2.24, 2.45) is 5.92 Å². The summed E-state index contributed by atoms with van der Waals surface area (Å²) in [5.74, 6) is 0.809. The normalized spacial score (nSPS) is 24.1. The van der Waals surface area contributed by atoms with Crippen LogP contribution in [-0.2, 0) is 27.2 Å². The molecule has 1 unspecified atom stereocenters. The van der Waals surface area contributed by atoms with Crippen LogP contribution in [0, 0.1) is 5.92 Å². The molecule has 5 nitrogen and oxygen atoms in total. The predicted molar refractivity (Wildman–Crippen MR) is 116 cm³/mol. The summed E-state index contributed by atoms with van der Waals surface area (Å²) in [6.07, 6.45) is 11.2. The number of fused-ring (bicyclic) bond motifs is 1. The molecule has 1 aromatic carbocycles. The van der Waals surface area contributed by atoms with Gasteiger partial charge in [-0.3, -0.25) is 9.59 Å². The van der Waals surface area contributed by atoms with Gasteiger partial charge in [-0.05, 0) is 74.8 Å². The third-order valence-corrected chi connectivity index (χ3v) is 7.24. The monoisotopic (exact) mass is 410 g/mol. The maximum absolute atomic E-state index is 13.1. The highest BCUT2D eigenvalue weighted by Gasteiger charge is 2.38. The highest BCUT2D eigenvalue weighted by atomic mass is 16.2. The van der Waals surface area contributed by atoms with E-state index in [4.69, 9.17) is 0 Å². The van der Waals surface area contributed by atoms with E-state index in [1.807, 2.05) is 4.90 Å². The first-order chi connectivity index (χ1) is 14.7. The number of amides is 2. The number of likely N-dealkylation sites (tertiary alicyclic amines) is 2. The second-order valence-corrected chi connectivity index (χ2v) is 9.26. The number of hydrogen-bond donors (Lipinski definition) is 0. The van der Waals surface area contributed by atoms with Gasteiger partial charge in [0.15, 0.2) is 0 Å². The van der Waals surface area contributed by atoms with Crippen molar-refractivity contribution < 1.29 is 14.4 Å². The Kier molecular flexibility index (Phi) is 6.86. The van der Waals surface area contributed by atoms with Crippen LogP contribution >= 0.6 is 0 Å². The second-order valence-electron chi connectivity index (χ2n) is 9.26. The van der Waals surface area contributed by atoms with Gasteiger partial charge < -0.3 is 14.6 Å². The number of nitrogens with zero attached hydrogens (tertiary/aromatic N) is 2. The summed E-state index contributed by atoms with van der Waals surface area (Å²) in [5.41, 5.74) is 2.98. The van der Waals surface area contributed by atoms with Crippen LogP contribution in [0.3, 0.4) is 0 Å². The lowest BCUT2D eigenvalue weighted by Crippen LogP contribution is -2.54. The van der Waals surface area contributed by atoms with Gasteiger partial charge in [0.25, 0.3) is 0 Å². The molecular formula is C25H34N2O3. The van der Waals surface area contributed by atoms with E-state index in [1.54, 1.807) is 4.90 Å². The zero-order valence-electron chi connectivity index (χ0n) is 17.9. The Bertz CT molecular complexity index is 752. The van der Waals surface area contributed by atoms with Gasteiger partial charge in [-0.1, -0.05) is 30.7 Å². The van der Waals surface area contributed by atoms with E-state index in [0.29, 0.717) is 25.4 Å². The molecule has 30 heavy (non-hydrogen) atoms. The van der Waals surface area contributed by atoms with Crippen molar-refractivity contribution in [2.75, 3.05) is 13.1 Å². The maximum Gasteiger partial charge on any atom is 0.245 e. The average molecular weight is 411 g/mol. The molecule has 2 fully saturated rings. The molecule has 3 aliphatic rings. The van der Waals surface area contributed by atoms with Gasteiger partial charge in [0.1, 0.15) is 12.3 Å². The number of benzene rings is 1. The maximum atomic E-state index is 13.1. The molecule has 0 saturated carbocycles. The molecule has 0 N–H and O–H groups in total. The number of aldehydes is 1. The minimum absolute atomic E-state index is 0.0126. The first kappa shape index (κ1) is 21.1. The van der Waals surface area contributed by atoms with E-state index in [9.17, 15) is 14.4 Å². The van der Waals surface area contributed by atoms with Gasteiger partial charge in [0.2, 0.25) is 11.8 Å². The number of unbranched alkanes of at least 4 members (excludes halogenated alkanes) is 1. The number of hydrogen-bond acceptors (Lipinski definition) is 3. The van der Waals surface area contributed by atoms with E-state index < -0.39 is 0 Å². The number of carbonyl (C=O) groups excluding carboxylic acids is 3. The number of carbonyl (C=O) groups is 3. The van der Waals surface area contributed by atoms with Crippen molar-refractivity contribution in [1.29, 1.82) is 0 Å². The van der Waals surface area contributed by atoms with Crippen molar-refractivity contribution in [2.45, 2.75) is 82.7 Å². The van der Waals surface area contributed by atoms with Crippen LogP contribution in [0.4, 0.5) is 0 Å². The SMILES string of the molecule is O=C[C@@H]1CCCN1C(=O)C1CCCCN1C(=O)CCCCC1Cc2ccccc2C1. The summed E-state index contributed by atoms with van der Waals surface area (Å²) in [7, 11) is 0. The fourth-order valence-corrected chi connectivity index (χ4v) is 5.59. The van der Waals surface area contributed by atoms with Crippen molar-refractivity contribution in [3.8, 4) is 0 Å². The van der Waals surface area contributed by atoms with E-state index in [1.165, 1.54) is 30.4 Å². The molecule has 2 aliphatic heterocycles. The predicted octanol–water partition coefficient (Wildman–Crippen LogP) is 3.53. The molecule has 0 spiro atoms. The standard InChI is InChI=1S/C25H34N2O3/c28-18-22-11-7-15-26(22)25(30)23-12-5-6-14-27(23)24(29)13-4-1-8-19-16-20-9-2-3-10-21(20)17-19/h2-3,9-10,18-19,22-23H,1,4-8,11-17H2/t22-,23?/m0/s1. The molecule has 1 aliphatic carbocycles. The molecule has 2 amide bonds. The Morgan fingerprint density at radius 3 is 2.40 bits per heavy atom. The number of rotatable bonds is 7. The van der Waals surface area contributed by atoms with Crippen LogP contribution in [0.25, 0.3) is 0 Å². The van der Waals surface area contributed by atoms with Crippen LogP contribution in [0.1, 0.15) is 68.9 Å². The molecule has 162 valence electrons. The highest BCUT2D eigenvalue weighted by molar-refractivity contribution is 5.89. The summed E-state index contributed by atoms with van der Waals surface area (Å²) in [6, 6.07) is 8.05. The molecule has 2 heterocycles. The van der Waals surface area contributed by atoms with E-state index in [-0.39, 0.29) is 23.9 Å². The summed E-state index contributed by atoms with van der Waals surface area (Å²) >= 11 is 0. The molecule has 2 atom stereocenters. The fourth-order valence-electron chi connectivity index (χ4n) is 5.59. The summed E-state index contributed by atoms with van der Waals surface area (Å²) in [4.78, 5) is 40.8. The average Bonchev–Trinajstić information content (AvgIpc) is 3.42. The van der Waals surface area contributed by atoms with Crippen molar-refractivity contribution in [3.05, 3.63) is 35.4 Å². The fraction of sp³-hybridized carbons (Fsp3) is 0.640. The van der Waals surface area contributed by atoms with E-state index in [0.717, 1.165) is 51.2 Å². The Morgan fingerprint density at radius 1 is 0.933 bits per heavy atom. The minimum atomic E-state index is -0.365. The number of piperidine rings is 1. The topological polar surface area (TPSA) is 57.7 Å². The molecule has 1 aromatic rings. The quantitative estimate of drug-likeness (QED) is 0.510. The van der Waals surface area contributed by atoms with Gasteiger partial charge in [-0.25, -0.2) is 0 Å². The Morgan fingerprint density at radius 2 is 1.67 bits per heavy atom. The summed E-state index contributed by atoms with van der Waals surface area (Å²) < 4.78 is 0. The zero-order chi connectivity index (χ0) is 20.9. The summed E-state index contributed by atoms with van der Waals surface area (Å²) in [5, 5.41) is 0. The van der Waals surface area contributed by atoms with Gasteiger partial charge in [0, 0.05) is 19.5 Å². The first-order valence-corrected chi connectivity index (χ1v) is 11.8. The van der Waals surface area contributed by atoms with Gasteiger partial charge >= 0.3 is 0 Å². The van der Waals surface area contributed by atoms with Crippen molar-refractivity contribution in [1.82, 2.24) is 9.80 Å². The lowest BCUT2D eigenvalue weighted by molar-refractivity contribution is -0.148. The first-order valence-electron chi connectivity index (χ1n) is 11.8.